The lowest BCUT2D eigenvalue weighted by atomic mass is 10.3. The maximum Gasteiger partial charge on any atom is 0.277 e. The van der Waals surface area contributed by atoms with Gasteiger partial charge in [0.2, 0.25) is 0 Å². The Hall–Kier alpha value is -2.70. The highest BCUT2D eigenvalue weighted by Gasteiger charge is 2.18. The summed E-state index contributed by atoms with van der Waals surface area (Å²) in [4.78, 5) is 25.8. The van der Waals surface area contributed by atoms with Crippen molar-refractivity contribution in [2.24, 2.45) is 0 Å². The predicted molar refractivity (Wildman–Crippen MR) is 97.5 cm³/mol. The van der Waals surface area contributed by atoms with Gasteiger partial charge in [0.1, 0.15) is 17.0 Å². The molecule has 0 spiro atoms. The number of hydrogen-bond donors (Lipinski definition) is 3. The summed E-state index contributed by atoms with van der Waals surface area (Å²) < 4.78 is 0. The number of H-pyrrole nitrogens is 2. The van der Waals surface area contributed by atoms with Gasteiger partial charge in [-0.2, -0.15) is 5.10 Å². The van der Waals surface area contributed by atoms with Crippen molar-refractivity contribution in [2.75, 3.05) is 5.32 Å². The maximum atomic E-state index is 12.7. The average molecular weight is 402 g/mol. The lowest BCUT2D eigenvalue weighted by molar-refractivity contribution is 0.101. The molecule has 0 aliphatic carbocycles. The lowest BCUT2D eigenvalue weighted by Crippen LogP contribution is -2.15. The Kier molecular flexibility index (Phi) is 4.95. The molecule has 0 bridgehead atoms. The molecule has 0 saturated carbocycles. The summed E-state index contributed by atoms with van der Waals surface area (Å²) in [5.41, 5.74) is 0.302. The molecule has 4 aromatic heterocycles. The first kappa shape index (κ1) is 16.8. The monoisotopic (exact) mass is 402 g/mol. The highest BCUT2D eigenvalue weighted by atomic mass is 32.2. The minimum absolute atomic E-state index is 0.302. The number of anilines is 1. The van der Waals surface area contributed by atoms with Gasteiger partial charge in [0.15, 0.2) is 10.3 Å². The Morgan fingerprint density at radius 2 is 2.23 bits per heavy atom. The summed E-state index contributed by atoms with van der Waals surface area (Å²) >= 11 is 4.03. The molecule has 0 aromatic carbocycles. The minimum atomic E-state index is -0.328. The van der Waals surface area contributed by atoms with Crippen LogP contribution in [-0.2, 0) is 0 Å². The number of thiazole rings is 1. The molecule has 0 aliphatic heterocycles. The fourth-order valence-corrected chi connectivity index (χ4v) is 3.97. The highest BCUT2D eigenvalue weighted by Crippen LogP contribution is 2.32. The van der Waals surface area contributed by atoms with Gasteiger partial charge in [0.25, 0.3) is 5.91 Å². The van der Waals surface area contributed by atoms with Crippen molar-refractivity contribution in [3.05, 3.63) is 48.1 Å². The molecule has 0 fully saturated rings. The smallest absolute Gasteiger partial charge is 0.277 e. The van der Waals surface area contributed by atoms with Gasteiger partial charge in [-0.1, -0.05) is 11.8 Å². The van der Waals surface area contributed by atoms with Crippen LogP contribution in [0.25, 0.3) is 0 Å². The van der Waals surface area contributed by atoms with E-state index in [2.05, 4.69) is 40.7 Å². The Balaban J connectivity index is 1.64. The molecule has 0 saturated heterocycles. The molecule has 26 heavy (non-hydrogen) atoms. The number of carbonyl (C=O) groups excluding carboxylic acids is 1. The van der Waals surface area contributed by atoms with Gasteiger partial charge >= 0.3 is 0 Å². The maximum absolute atomic E-state index is 12.7. The average Bonchev–Trinajstić information content (AvgIpc) is 3.39. The van der Waals surface area contributed by atoms with Crippen LogP contribution in [-0.4, -0.2) is 41.3 Å². The fraction of sp³-hybridized carbons (Fsp3) is 0. The molecule has 3 N–H and O–H groups in total. The molecule has 0 atom stereocenters. The SMILES string of the molecule is O=C(Nc1nccs1)c1nc(Sc2nnc[nH]2)ccc1Sc1cn[nH]c1. The molecule has 12 heteroatoms. The summed E-state index contributed by atoms with van der Waals surface area (Å²) in [7, 11) is 0. The van der Waals surface area contributed by atoms with E-state index in [1.165, 1.54) is 41.2 Å². The quantitative estimate of drug-likeness (QED) is 0.449. The van der Waals surface area contributed by atoms with E-state index in [0.717, 1.165) is 4.90 Å². The van der Waals surface area contributed by atoms with E-state index in [4.69, 9.17) is 0 Å². The Morgan fingerprint density at radius 1 is 1.27 bits per heavy atom. The number of aromatic amines is 2. The van der Waals surface area contributed by atoms with Crippen molar-refractivity contribution in [1.82, 2.24) is 35.3 Å². The number of nitrogens with one attached hydrogen (secondary N) is 3. The number of aromatic nitrogens is 7. The Bertz CT molecular complexity index is 986. The van der Waals surface area contributed by atoms with Crippen LogP contribution >= 0.6 is 34.9 Å². The number of amides is 1. The zero-order valence-electron chi connectivity index (χ0n) is 12.9. The zero-order valence-corrected chi connectivity index (χ0v) is 15.4. The van der Waals surface area contributed by atoms with Crippen molar-refractivity contribution in [2.45, 2.75) is 20.0 Å². The number of nitrogens with zero attached hydrogens (tertiary/aromatic N) is 5. The van der Waals surface area contributed by atoms with Crippen molar-refractivity contribution >= 4 is 45.9 Å². The molecule has 0 unspecified atom stereocenters. The van der Waals surface area contributed by atoms with Crippen LogP contribution in [0.4, 0.5) is 5.13 Å². The minimum Gasteiger partial charge on any atom is -0.322 e. The summed E-state index contributed by atoms with van der Waals surface area (Å²) in [6.45, 7) is 0. The first-order valence-corrected chi connectivity index (χ1v) is 9.71. The number of rotatable bonds is 6. The summed E-state index contributed by atoms with van der Waals surface area (Å²) in [5, 5.41) is 20.6. The van der Waals surface area contributed by atoms with Gasteiger partial charge < -0.3 is 4.98 Å². The summed E-state index contributed by atoms with van der Waals surface area (Å²) in [5.74, 6) is -0.328. The zero-order chi connectivity index (χ0) is 17.8. The van der Waals surface area contributed by atoms with Gasteiger partial charge in [-0.25, -0.2) is 9.97 Å². The first-order valence-electron chi connectivity index (χ1n) is 7.20. The molecule has 4 heterocycles. The number of carbonyl (C=O) groups is 1. The van der Waals surface area contributed by atoms with Crippen LogP contribution in [0.5, 0.6) is 0 Å². The molecule has 4 rings (SSSR count). The molecule has 0 radical (unpaired) electrons. The topological polar surface area (TPSA) is 125 Å². The summed E-state index contributed by atoms with van der Waals surface area (Å²) in [6, 6.07) is 3.68. The first-order chi connectivity index (χ1) is 12.8. The van der Waals surface area contributed by atoms with Crippen LogP contribution in [0, 0.1) is 0 Å². The van der Waals surface area contributed by atoms with Gasteiger partial charge in [-0.3, -0.25) is 15.2 Å². The molecular formula is C14H10N8OS3. The van der Waals surface area contributed by atoms with Crippen LogP contribution in [0.15, 0.2) is 62.4 Å². The van der Waals surface area contributed by atoms with E-state index in [0.29, 0.717) is 25.9 Å². The fourth-order valence-electron chi connectivity index (χ4n) is 1.94. The largest absolute Gasteiger partial charge is 0.322 e. The number of pyridine rings is 1. The highest BCUT2D eigenvalue weighted by molar-refractivity contribution is 7.99. The van der Waals surface area contributed by atoms with Crippen molar-refractivity contribution in [3.8, 4) is 0 Å². The normalized spacial score (nSPS) is 10.8. The predicted octanol–water partition coefficient (Wildman–Crippen LogP) is 2.93. The van der Waals surface area contributed by atoms with E-state index in [-0.39, 0.29) is 5.91 Å². The van der Waals surface area contributed by atoms with Gasteiger partial charge in [0, 0.05) is 22.7 Å². The van der Waals surface area contributed by atoms with Crippen molar-refractivity contribution in [3.63, 3.8) is 0 Å². The molecule has 9 nitrogen and oxygen atoms in total. The second-order valence-corrected chi connectivity index (χ2v) is 7.74. The molecule has 130 valence electrons. The molecular weight excluding hydrogens is 392 g/mol. The van der Waals surface area contributed by atoms with E-state index in [1.807, 2.05) is 12.1 Å². The second kappa shape index (κ2) is 7.68. The van der Waals surface area contributed by atoms with Crippen molar-refractivity contribution in [1.29, 1.82) is 0 Å². The third-order valence-electron chi connectivity index (χ3n) is 3.00. The van der Waals surface area contributed by atoms with Crippen LogP contribution in [0.2, 0.25) is 0 Å². The van der Waals surface area contributed by atoms with E-state index in [1.54, 1.807) is 24.0 Å². The van der Waals surface area contributed by atoms with E-state index < -0.39 is 0 Å². The Morgan fingerprint density at radius 3 is 2.96 bits per heavy atom. The third-order valence-corrected chi connectivity index (χ3v) is 5.52. The molecule has 1 amide bonds. The summed E-state index contributed by atoms with van der Waals surface area (Å²) in [6.07, 6.45) is 6.56. The van der Waals surface area contributed by atoms with Gasteiger partial charge in [0.05, 0.1) is 11.1 Å². The number of hydrogen-bond acceptors (Lipinski definition) is 9. The third kappa shape index (κ3) is 3.92. The molecule has 0 aliphatic rings. The van der Waals surface area contributed by atoms with Gasteiger partial charge in [-0.05, 0) is 23.9 Å². The van der Waals surface area contributed by atoms with Crippen LogP contribution < -0.4 is 5.32 Å². The second-order valence-electron chi connectivity index (χ2n) is 4.72. The van der Waals surface area contributed by atoms with E-state index in [9.17, 15) is 4.79 Å². The van der Waals surface area contributed by atoms with Gasteiger partial charge in [-0.15, -0.1) is 21.5 Å². The Labute approximate surface area is 159 Å². The lowest BCUT2D eigenvalue weighted by Gasteiger charge is -2.08. The van der Waals surface area contributed by atoms with Crippen molar-refractivity contribution < 1.29 is 4.79 Å². The van der Waals surface area contributed by atoms with Crippen LogP contribution in [0.1, 0.15) is 10.5 Å². The van der Waals surface area contributed by atoms with Crippen LogP contribution in [0.3, 0.4) is 0 Å². The standard InChI is InChI=1S/C14H10N8OS3/c23-12(21-13-15-3-4-24-13)11-9(25-8-5-17-18-6-8)1-2-10(20-11)26-14-16-7-19-22-14/h1-7H,(H,17,18)(H,15,21,23)(H,16,19,22). The van der Waals surface area contributed by atoms with E-state index >= 15 is 0 Å². The molecule has 4 aromatic rings.